The Bertz CT molecular complexity index is 1110. The number of pyridine rings is 1. The van der Waals surface area contributed by atoms with Crippen molar-refractivity contribution in [2.75, 3.05) is 52.8 Å². The van der Waals surface area contributed by atoms with Crippen LogP contribution in [0.25, 0.3) is 0 Å². The van der Waals surface area contributed by atoms with Crippen molar-refractivity contribution in [1.82, 2.24) is 20.1 Å². The summed E-state index contributed by atoms with van der Waals surface area (Å²) in [7, 11) is 0. The number of hydrogen-bond acceptors (Lipinski definition) is 10. The summed E-state index contributed by atoms with van der Waals surface area (Å²) in [6.07, 6.45) is 5.31. The number of aliphatic hydroxyl groups excluding tert-OH is 1. The largest absolute Gasteiger partial charge is 0.467 e. The summed E-state index contributed by atoms with van der Waals surface area (Å²) in [4.78, 5) is 29.9. The lowest BCUT2D eigenvalue weighted by Crippen LogP contribution is -2.44. The number of amides is 1. The van der Waals surface area contributed by atoms with E-state index < -0.39 is 0 Å². The van der Waals surface area contributed by atoms with Gasteiger partial charge in [0.15, 0.2) is 6.79 Å². The molecule has 1 saturated heterocycles. The second kappa shape index (κ2) is 11.6. The lowest BCUT2D eigenvalue weighted by molar-refractivity contribution is -0.0559. The number of fused-ring (bicyclic) bond motifs is 3. The van der Waals surface area contributed by atoms with Gasteiger partial charge in [0.2, 0.25) is 0 Å². The number of ether oxygens (including phenoxy) is 3. The highest BCUT2D eigenvalue weighted by Crippen LogP contribution is 2.31. The van der Waals surface area contributed by atoms with Gasteiger partial charge < -0.3 is 29.5 Å². The van der Waals surface area contributed by atoms with E-state index in [1.54, 1.807) is 24.7 Å². The number of carbonyl (C=O) groups is 1. The number of aliphatic imine (C=N–C) groups is 2. The van der Waals surface area contributed by atoms with E-state index in [0.29, 0.717) is 31.1 Å². The second-order valence-corrected chi connectivity index (χ2v) is 8.76. The molecule has 2 atom stereocenters. The molecule has 4 heterocycles. The maximum atomic E-state index is 12.5. The van der Waals surface area contributed by atoms with Gasteiger partial charge >= 0.3 is 0 Å². The fraction of sp³-hybridized carbons (Fsp3) is 0.440. The van der Waals surface area contributed by atoms with Crippen molar-refractivity contribution in [3.05, 3.63) is 53.9 Å². The highest BCUT2D eigenvalue weighted by molar-refractivity contribution is 6.12. The molecule has 0 radical (unpaired) electrons. The van der Waals surface area contributed by atoms with E-state index in [1.807, 2.05) is 23.1 Å². The normalized spacial score (nSPS) is 21.0. The average molecular weight is 495 g/mol. The van der Waals surface area contributed by atoms with Gasteiger partial charge in [-0.25, -0.2) is 9.98 Å². The number of benzene rings is 1. The highest BCUT2D eigenvalue weighted by atomic mass is 16.7. The Labute approximate surface area is 209 Å². The molecule has 11 heteroatoms. The van der Waals surface area contributed by atoms with Crippen LogP contribution in [-0.2, 0) is 9.47 Å². The van der Waals surface area contributed by atoms with Crippen molar-refractivity contribution in [2.45, 2.75) is 18.7 Å². The fourth-order valence-corrected chi connectivity index (χ4v) is 4.35. The molecule has 1 aromatic carbocycles. The molecular weight excluding hydrogens is 464 g/mol. The van der Waals surface area contributed by atoms with E-state index in [4.69, 9.17) is 19.2 Å². The lowest BCUT2D eigenvalue weighted by Gasteiger charge is -2.31. The van der Waals surface area contributed by atoms with E-state index in [-0.39, 0.29) is 31.6 Å². The summed E-state index contributed by atoms with van der Waals surface area (Å²) in [6, 6.07) is 9.10. The standard InChI is InChI=1S/C25H30N6O5/c32-15-20-13-30(8-10-35-20)7-2-9-34-17-36-19-4-5-21-22(11-19)27-16-31-14-23(28-24(21)31)29-25(33)18-3-1-6-26-12-18/h1,3-6,11-12,16,20,23,32H,2,7-10,13-15,17H2,(H,29,33). The first kappa shape index (κ1) is 24.3. The Kier molecular flexibility index (Phi) is 7.82. The summed E-state index contributed by atoms with van der Waals surface area (Å²) in [5, 5.41) is 12.2. The quantitative estimate of drug-likeness (QED) is 0.371. The lowest BCUT2D eigenvalue weighted by atomic mass is 10.1. The number of aliphatic hydroxyl groups is 1. The van der Waals surface area contributed by atoms with Crippen LogP contribution in [0.2, 0.25) is 0 Å². The predicted molar refractivity (Wildman–Crippen MR) is 133 cm³/mol. The first-order valence-corrected chi connectivity index (χ1v) is 12.1. The van der Waals surface area contributed by atoms with E-state index >= 15 is 0 Å². The maximum absolute atomic E-state index is 12.5. The minimum absolute atomic E-state index is 0.0559. The van der Waals surface area contributed by atoms with Crippen molar-refractivity contribution >= 4 is 23.8 Å². The summed E-state index contributed by atoms with van der Waals surface area (Å²) in [5.41, 5.74) is 2.14. The van der Waals surface area contributed by atoms with Gasteiger partial charge in [-0.2, -0.15) is 0 Å². The third-order valence-electron chi connectivity index (χ3n) is 6.19. The molecule has 1 amide bonds. The van der Waals surface area contributed by atoms with Crippen LogP contribution in [0.3, 0.4) is 0 Å². The summed E-state index contributed by atoms with van der Waals surface area (Å²) >= 11 is 0. The van der Waals surface area contributed by atoms with Crippen molar-refractivity contribution in [2.24, 2.45) is 9.98 Å². The van der Waals surface area contributed by atoms with Crippen LogP contribution in [0.4, 0.5) is 5.69 Å². The van der Waals surface area contributed by atoms with Gasteiger partial charge in [0.1, 0.15) is 17.8 Å². The Balaban J connectivity index is 1.08. The Morgan fingerprint density at radius 3 is 3.08 bits per heavy atom. The van der Waals surface area contributed by atoms with E-state index in [2.05, 4.69) is 20.2 Å². The third-order valence-corrected chi connectivity index (χ3v) is 6.19. The Morgan fingerprint density at radius 1 is 1.28 bits per heavy atom. The zero-order valence-electron chi connectivity index (χ0n) is 20.0. The maximum Gasteiger partial charge on any atom is 0.254 e. The number of nitrogens with one attached hydrogen (secondary N) is 1. The van der Waals surface area contributed by atoms with Gasteiger partial charge in [0.25, 0.3) is 5.91 Å². The molecule has 0 aliphatic carbocycles. The first-order chi connectivity index (χ1) is 17.7. The molecular formula is C25H30N6O5. The van der Waals surface area contributed by atoms with Crippen LogP contribution in [-0.4, -0.2) is 103 Å². The minimum atomic E-state index is -0.374. The van der Waals surface area contributed by atoms with Crippen LogP contribution >= 0.6 is 0 Å². The number of aromatic nitrogens is 1. The zero-order valence-corrected chi connectivity index (χ0v) is 20.0. The van der Waals surface area contributed by atoms with Gasteiger partial charge in [-0.05, 0) is 30.7 Å². The third kappa shape index (κ3) is 5.88. The molecule has 5 rings (SSSR count). The first-order valence-electron chi connectivity index (χ1n) is 12.1. The van der Waals surface area contributed by atoms with Gasteiger partial charge in [-0.3, -0.25) is 14.7 Å². The molecule has 0 spiro atoms. The zero-order chi connectivity index (χ0) is 24.7. The molecule has 2 unspecified atom stereocenters. The van der Waals surface area contributed by atoms with E-state index in [9.17, 15) is 9.90 Å². The Hall–Kier alpha value is -3.38. The molecule has 3 aliphatic heterocycles. The van der Waals surface area contributed by atoms with Crippen molar-refractivity contribution < 1.29 is 24.1 Å². The Morgan fingerprint density at radius 2 is 2.22 bits per heavy atom. The molecule has 190 valence electrons. The molecule has 0 saturated carbocycles. The highest BCUT2D eigenvalue weighted by Gasteiger charge is 2.30. The van der Waals surface area contributed by atoms with Crippen LogP contribution < -0.4 is 10.1 Å². The molecule has 1 fully saturated rings. The van der Waals surface area contributed by atoms with Gasteiger partial charge in [-0.15, -0.1) is 0 Å². The van der Waals surface area contributed by atoms with Gasteiger partial charge in [-0.1, -0.05) is 0 Å². The SMILES string of the molecule is O=C(NC1CN2C=Nc3cc(OCOCCCN4CCOC(CO)C4)ccc3C2=N1)c1cccnc1. The minimum Gasteiger partial charge on any atom is -0.467 e. The molecule has 2 N–H and O–H groups in total. The summed E-state index contributed by atoms with van der Waals surface area (Å²) in [6.45, 7) is 4.49. The van der Waals surface area contributed by atoms with Crippen molar-refractivity contribution in [1.29, 1.82) is 0 Å². The average Bonchev–Trinajstić information content (AvgIpc) is 3.34. The number of nitrogens with zero attached hydrogens (tertiary/aromatic N) is 5. The number of hydrogen-bond donors (Lipinski definition) is 2. The molecule has 1 aromatic heterocycles. The topological polar surface area (TPSA) is 121 Å². The van der Waals surface area contributed by atoms with Crippen molar-refractivity contribution in [3.8, 4) is 5.75 Å². The molecule has 36 heavy (non-hydrogen) atoms. The smallest absolute Gasteiger partial charge is 0.254 e. The number of carbonyl (C=O) groups excluding carboxylic acids is 1. The number of rotatable bonds is 10. The fourth-order valence-electron chi connectivity index (χ4n) is 4.35. The molecule has 2 aromatic rings. The summed E-state index contributed by atoms with van der Waals surface area (Å²) in [5.74, 6) is 1.22. The van der Waals surface area contributed by atoms with Crippen LogP contribution in [0.1, 0.15) is 22.3 Å². The monoisotopic (exact) mass is 494 g/mol. The van der Waals surface area contributed by atoms with Crippen LogP contribution in [0, 0.1) is 0 Å². The van der Waals surface area contributed by atoms with E-state index in [1.165, 1.54) is 6.20 Å². The van der Waals surface area contributed by atoms with Gasteiger partial charge in [0, 0.05) is 43.7 Å². The van der Waals surface area contributed by atoms with Gasteiger partial charge in [0.05, 0.1) is 50.1 Å². The molecule has 0 bridgehead atoms. The van der Waals surface area contributed by atoms with Crippen LogP contribution in [0.5, 0.6) is 5.75 Å². The second-order valence-electron chi connectivity index (χ2n) is 8.76. The summed E-state index contributed by atoms with van der Waals surface area (Å²) < 4.78 is 16.9. The van der Waals surface area contributed by atoms with E-state index in [0.717, 1.165) is 43.1 Å². The van der Waals surface area contributed by atoms with Crippen molar-refractivity contribution in [3.63, 3.8) is 0 Å². The molecule has 3 aliphatic rings. The predicted octanol–water partition coefficient (Wildman–Crippen LogP) is 1.01. The van der Waals surface area contributed by atoms with Crippen LogP contribution in [0.15, 0.2) is 52.7 Å². The number of morpholine rings is 1. The molecule has 11 nitrogen and oxygen atoms in total. The number of amidine groups is 1.